The molecular weight excluding hydrogens is 206 g/mol. The Kier molecular flexibility index (Phi) is 10.8. The van der Waals surface area contributed by atoms with Gasteiger partial charge in [-0.2, -0.15) is 0 Å². The van der Waals surface area contributed by atoms with E-state index in [9.17, 15) is 0 Å². The van der Waals surface area contributed by atoms with E-state index in [1.807, 2.05) is 0 Å². The van der Waals surface area contributed by atoms with E-state index in [1.54, 1.807) is 0 Å². The van der Waals surface area contributed by atoms with E-state index in [0.29, 0.717) is 0 Å². The highest BCUT2D eigenvalue weighted by Crippen LogP contribution is 1.86. The lowest BCUT2D eigenvalue weighted by atomic mass is 10.4. The molecule has 0 atom stereocenters. The first-order valence-corrected chi connectivity index (χ1v) is 5.38. The highest BCUT2D eigenvalue weighted by molar-refractivity contribution is 9.09. The lowest BCUT2D eigenvalue weighted by Gasteiger charge is -2.03. The molecule has 0 fully saturated rings. The van der Waals surface area contributed by atoms with Crippen LogP contribution in [0.5, 0.6) is 0 Å². The Balaban J connectivity index is 2.69. The summed E-state index contributed by atoms with van der Waals surface area (Å²) < 4.78 is 5.34. The van der Waals surface area contributed by atoms with Crippen LogP contribution in [-0.4, -0.2) is 31.6 Å². The first-order chi connectivity index (χ1) is 5.41. The van der Waals surface area contributed by atoms with Crippen molar-refractivity contribution >= 4 is 15.9 Å². The summed E-state index contributed by atoms with van der Waals surface area (Å²) in [5.41, 5.74) is 0. The second kappa shape index (κ2) is 10.4. The minimum atomic E-state index is 0.840. The van der Waals surface area contributed by atoms with Crippen molar-refractivity contribution in [3.8, 4) is 0 Å². The molecule has 0 aliphatic carbocycles. The summed E-state index contributed by atoms with van der Waals surface area (Å²) >= 11 is 3.34. The molecule has 0 unspecified atom stereocenters. The Hall–Kier alpha value is 0.400. The minimum absolute atomic E-state index is 0.840. The molecule has 0 rings (SSSR count). The number of ether oxygens (including phenoxy) is 1. The van der Waals surface area contributed by atoms with Crippen molar-refractivity contribution in [1.82, 2.24) is 5.32 Å². The van der Waals surface area contributed by atoms with E-state index in [-0.39, 0.29) is 0 Å². The number of hydrogen-bond donors (Lipinski definition) is 1. The predicted octanol–water partition coefficient (Wildman–Crippen LogP) is 1.79. The molecule has 0 radical (unpaired) electrons. The zero-order chi connectivity index (χ0) is 8.36. The molecule has 0 aromatic heterocycles. The van der Waals surface area contributed by atoms with Gasteiger partial charge in [0.25, 0.3) is 0 Å². The maximum absolute atomic E-state index is 5.34. The molecule has 0 aromatic carbocycles. The van der Waals surface area contributed by atoms with Crippen molar-refractivity contribution in [1.29, 1.82) is 0 Å². The van der Waals surface area contributed by atoms with Gasteiger partial charge in [-0.25, -0.2) is 0 Å². The third kappa shape index (κ3) is 10.4. The van der Waals surface area contributed by atoms with Crippen molar-refractivity contribution < 1.29 is 4.74 Å². The van der Waals surface area contributed by atoms with Crippen LogP contribution in [0.25, 0.3) is 0 Å². The minimum Gasteiger partial charge on any atom is -0.380 e. The summed E-state index contributed by atoms with van der Waals surface area (Å²) in [6.45, 7) is 5.92. The largest absolute Gasteiger partial charge is 0.380 e. The van der Waals surface area contributed by atoms with Crippen molar-refractivity contribution in [2.45, 2.75) is 19.8 Å². The predicted molar refractivity (Wildman–Crippen MR) is 52.4 cm³/mol. The summed E-state index contributed by atoms with van der Waals surface area (Å²) in [4.78, 5) is 0. The van der Waals surface area contributed by atoms with Gasteiger partial charge in [-0.05, 0) is 6.42 Å². The molecule has 2 nitrogen and oxygen atoms in total. The van der Waals surface area contributed by atoms with E-state index < -0.39 is 0 Å². The van der Waals surface area contributed by atoms with Crippen LogP contribution in [0.2, 0.25) is 0 Å². The van der Waals surface area contributed by atoms with Gasteiger partial charge in [-0.15, -0.1) is 0 Å². The summed E-state index contributed by atoms with van der Waals surface area (Å²) in [6.07, 6.45) is 2.40. The van der Waals surface area contributed by atoms with Gasteiger partial charge in [0.1, 0.15) is 0 Å². The molecule has 0 saturated heterocycles. The second-order valence-electron chi connectivity index (χ2n) is 2.40. The van der Waals surface area contributed by atoms with Gasteiger partial charge in [-0.3, -0.25) is 0 Å². The first kappa shape index (κ1) is 11.4. The highest BCUT2D eigenvalue weighted by Gasteiger charge is 1.86. The smallest absolute Gasteiger partial charge is 0.0590 e. The molecule has 0 saturated carbocycles. The van der Waals surface area contributed by atoms with E-state index >= 15 is 0 Å². The molecular formula is C8H18BrNO. The molecule has 0 aliphatic heterocycles. The molecule has 1 N–H and O–H groups in total. The van der Waals surface area contributed by atoms with Gasteiger partial charge < -0.3 is 10.1 Å². The normalized spacial score (nSPS) is 10.4. The Morgan fingerprint density at radius 1 is 1.27 bits per heavy atom. The van der Waals surface area contributed by atoms with Crippen LogP contribution in [0.4, 0.5) is 0 Å². The molecule has 68 valence electrons. The molecule has 0 spiro atoms. The quantitative estimate of drug-likeness (QED) is 0.501. The van der Waals surface area contributed by atoms with Crippen LogP contribution in [0, 0.1) is 0 Å². The van der Waals surface area contributed by atoms with Gasteiger partial charge in [0.15, 0.2) is 0 Å². The number of unbranched alkanes of at least 4 members (excludes halogenated alkanes) is 1. The lowest BCUT2D eigenvalue weighted by Crippen LogP contribution is -2.21. The fraction of sp³-hybridized carbons (Fsp3) is 1.00. The van der Waals surface area contributed by atoms with Crippen LogP contribution >= 0.6 is 15.9 Å². The van der Waals surface area contributed by atoms with Crippen LogP contribution in [0.1, 0.15) is 19.8 Å². The third-order valence-electron chi connectivity index (χ3n) is 1.34. The number of halogens is 1. The average molecular weight is 224 g/mol. The van der Waals surface area contributed by atoms with Gasteiger partial charge in [0.2, 0.25) is 0 Å². The molecule has 11 heavy (non-hydrogen) atoms. The van der Waals surface area contributed by atoms with E-state index in [4.69, 9.17) is 4.74 Å². The summed E-state index contributed by atoms with van der Waals surface area (Å²) in [6, 6.07) is 0. The zero-order valence-corrected chi connectivity index (χ0v) is 8.82. The van der Waals surface area contributed by atoms with E-state index in [1.165, 1.54) is 12.8 Å². The van der Waals surface area contributed by atoms with E-state index in [0.717, 1.165) is 31.6 Å². The first-order valence-electron chi connectivity index (χ1n) is 4.26. The van der Waals surface area contributed by atoms with Gasteiger partial charge >= 0.3 is 0 Å². The Morgan fingerprint density at radius 3 is 2.73 bits per heavy atom. The molecule has 0 heterocycles. The van der Waals surface area contributed by atoms with Crippen LogP contribution in [-0.2, 0) is 4.74 Å². The Bertz CT molecular complexity index is 63.1. The van der Waals surface area contributed by atoms with Crippen molar-refractivity contribution in [3.05, 3.63) is 0 Å². The average Bonchev–Trinajstić information content (AvgIpc) is 2.03. The molecule has 0 bridgehead atoms. The Labute approximate surface area is 77.8 Å². The molecule has 3 heteroatoms. The second-order valence-corrected chi connectivity index (χ2v) is 3.20. The molecule has 0 aliphatic rings. The fourth-order valence-corrected chi connectivity index (χ4v) is 0.965. The van der Waals surface area contributed by atoms with Gasteiger partial charge in [0, 0.05) is 25.0 Å². The Morgan fingerprint density at radius 2 is 2.09 bits per heavy atom. The van der Waals surface area contributed by atoms with Crippen LogP contribution in [0.15, 0.2) is 0 Å². The van der Waals surface area contributed by atoms with Crippen LogP contribution < -0.4 is 5.32 Å². The molecule has 0 aromatic rings. The van der Waals surface area contributed by atoms with E-state index in [2.05, 4.69) is 28.2 Å². The number of alkyl halides is 1. The van der Waals surface area contributed by atoms with Crippen LogP contribution in [0.3, 0.4) is 0 Å². The maximum Gasteiger partial charge on any atom is 0.0590 e. The molecule has 0 amide bonds. The van der Waals surface area contributed by atoms with Crippen molar-refractivity contribution in [2.75, 3.05) is 31.6 Å². The zero-order valence-electron chi connectivity index (χ0n) is 7.24. The van der Waals surface area contributed by atoms with Crippen molar-refractivity contribution in [2.24, 2.45) is 0 Å². The standard InChI is InChI=1S/C8H18BrNO/c1-2-3-7-11-8-6-10-5-4-9/h10H,2-8H2,1H3. The van der Waals surface area contributed by atoms with Gasteiger partial charge in [-0.1, -0.05) is 29.3 Å². The SMILES string of the molecule is CCCCOCCNCCBr. The summed E-state index contributed by atoms with van der Waals surface area (Å²) in [5.74, 6) is 0. The third-order valence-corrected chi connectivity index (χ3v) is 1.73. The number of rotatable bonds is 8. The maximum atomic E-state index is 5.34. The number of hydrogen-bond acceptors (Lipinski definition) is 2. The number of nitrogens with one attached hydrogen (secondary N) is 1. The summed E-state index contributed by atoms with van der Waals surface area (Å²) in [7, 11) is 0. The highest BCUT2D eigenvalue weighted by atomic mass is 79.9. The van der Waals surface area contributed by atoms with Crippen molar-refractivity contribution in [3.63, 3.8) is 0 Å². The monoisotopic (exact) mass is 223 g/mol. The summed E-state index contributed by atoms with van der Waals surface area (Å²) in [5, 5.41) is 4.26. The topological polar surface area (TPSA) is 21.3 Å². The van der Waals surface area contributed by atoms with Gasteiger partial charge in [0.05, 0.1) is 6.61 Å². The fourth-order valence-electron chi connectivity index (χ4n) is 0.685. The lowest BCUT2D eigenvalue weighted by molar-refractivity contribution is 0.133.